The minimum absolute atomic E-state index is 0.131. The van der Waals surface area contributed by atoms with E-state index in [2.05, 4.69) is 10.1 Å². The van der Waals surface area contributed by atoms with E-state index in [4.69, 9.17) is 5.90 Å². The number of fused-ring (bicyclic) bond motifs is 1. The zero-order chi connectivity index (χ0) is 23.6. The standard InChI is InChI=1S/C24H22N4O5/c1-24(20-10-7-16(8-11-20)13-26-33-25)22(31)27(15-21(29)30)23(32)28(24)14-17-6-9-18-4-2-3-5-19(18)12-17/h2-13H,14-15,25H2,1H3,(H,29,30)/t24-/m0/s1. The summed E-state index contributed by atoms with van der Waals surface area (Å²) < 4.78 is 0. The van der Waals surface area contributed by atoms with Crippen molar-refractivity contribution in [3.8, 4) is 0 Å². The van der Waals surface area contributed by atoms with Gasteiger partial charge in [-0.2, -0.15) is 0 Å². The molecule has 0 aromatic heterocycles. The molecule has 9 heteroatoms. The second kappa shape index (κ2) is 8.71. The highest BCUT2D eigenvalue weighted by atomic mass is 16.7. The average molecular weight is 446 g/mol. The lowest BCUT2D eigenvalue weighted by Crippen LogP contribution is -2.44. The molecule has 0 unspecified atom stereocenters. The van der Waals surface area contributed by atoms with Gasteiger partial charge in [-0.25, -0.2) is 4.79 Å². The van der Waals surface area contributed by atoms with Crippen LogP contribution in [0.25, 0.3) is 10.8 Å². The van der Waals surface area contributed by atoms with Crippen molar-refractivity contribution in [3.05, 3.63) is 83.4 Å². The molecular weight excluding hydrogens is 424 g/mol. The molecule has 0 bridgehead atoms. The summed E-state index contributed by atoms with van der Waals surface area (Å²) in [5, 5.41) is 14.8. The Bertz CT molecular complexity index is 1260. The van der Waals surface area contributed by atoms with Crippen LogP contribution in [0, 0.1) is 0 Å². The van der Waals surface area contributed by atoms with Crippen LogP contribution in [-0.2, 0) is 26.6 Å². The zero-order valence-electron chi connectivity index (χ0n) is 17.8. The van der Waals surface area contributed by atoms with E-state index in [-0.39, 0.29) is 6.54 Å². The highest BCUT2D eigenvalue weighted by molar-refractivity contribution is 6.08. The van der Waals surface area contributed by atoms with E-state index in [1.54, 1.807) is 31.2 Å². The Hall–Kier alpha value is -4.24. The topological polar surface area (TPSA) is 126 Å². The van der Waals surface area contributed by atoms with Gasteiger partial charge in [0, 0.05) is 6.54 Å². The monoisotopic (exact) mass is 446 g/mol. The number of benzene rings is 3. The number of oxime groups is 1. The van der Waals surface area contributed by atoms with E-state index >= 15 is 0 Å². The van der Waals surface area contributed by atoms with E-state index < -0.39 is 30.0 Å². The summed E-state index contributed by atoms with van der Waals surface area (Å²) in [6.45, 7) is 1.05. The predicted molar refractivity (Wildman–Crippen MR) is 121 cm³/mol. The van der Waals surface area contributed by atoms with Gasteiger partial charge in [-0.05, 0) is 40.5 Å². The SMILES string of the molecule is C[C@]1(c2ccc(C=NON)cc2)C(=O)N(CC(=O)O)C(=O)N1Cc1ccc2ccccc2c1. The summed E-state index contributed by atoms with van der Waals surface area (Å²) in [5.74, 6) is 3.04. The predicted octanol–water partition coefficient (Wildman–Crippen LogP) is 2.83. The van der Waals surface area contributed by atoms with Crippen LogP contribution < -0.4 is 5.90 Å². The Morgan fingerprint density at radius 3 is 2.45 bits per heavy atom. The number of nitrogens with two attached hydrogens (primary N) is 1. The van der Waals surface area contributed by atoms with Gasteiger partial charge < -0.3 is 14.9 Å². The Balaban J connectivity index is 1.75. The number of carbonyl (C=O) groups is 3. The van der Waals surface area contributed by atoms with E-state index in [9.17, 15) is 19.5 Å². The number of aliphatic carboxylic acids is 1. The summed E-state index contributed by atoms with van der Waals surface area (Å²) in [7, 11) is 0. The van der Waals surface area contributed by atoms with Crippen LogP contribution in [0.4, 0.5) is 4.79 Å². The maximum Gasteiger partial charge on any atom is 0.328 e. The number of carboxylic acid groups (broad SMARTS) is 1. The van der Waals surface area contributed by atoms with Gasteiger partial charge in [0.05, 0.1) is 6.21 Å². The Labute approximate surface area is 189 Å². The molecule has 1 atom stereocenters. The molecule has 1 heterocycles. The van der Waals surface area contributed by atoms with Crippen molar-refractivity contribution in [2.75, 3.05) is 6.54 Å². The highest BCUT2D eigenvalue weighted by Crippen LogP contribution is 2.38. The van der Waals surface area contributed by atoms with Crippen molar-refractivity contribution in [3.63, 3.8) is 0 Å². The molecule has 1 aliphatic rings. The van der Waals surface area contributed by atoms with Crippen LogP contribution in [0.5, 0.6) is 0 Å². The first-order valence-electron chi connectivity index (χ1n) is 10.2. The molecule has 3 N–H and O–H groups in total. The lowest BCUT2D eigenvalue weighted by atomic mass is 9.89. The zero-order valence-corrected chi connectivity index (χ0v) is 17.8. The fourth-order valence-corrected chi connectivity index (χ4v) is 4.09. The molecule has 3 aromatic carbocycles. The molecule has 1 fully saturated rings. The van der Waals surface area contributed by atoms with Crippen LogP contribution >= 0.6 is 0 Å². The van der Waals surface area contributed by atoms with Crippen LogP contribution in [0.15, 0.2) is 71.9 Å². The lowest BCUT2D eigenvalue weighted by molar-refractivity contribution is -0.143. The molecule has 1 saturated heterocycles. The first-order chi connectivity index (χ1) is 15.8. The number of hydrogen-bond acceptors (Lipinski definition) is 6. The lowest BCUT2D eigenvalue weighted by Gasteiger charge is -2.32. The van der Waals surface area contributed by atoms with Crippen molar-refractivity contribution in [2.45, 2.75) is 19.0 Å². The van der Waals surface area contributed by atoms with Crippen molar-refractivity contribution in [1.82, 2.24) is 9.80 Å². The van der Waals surface area contributed by atoms with Crippen molar-refractivity contribution < 1.29 is 24.4 Å². The van der Waals surface area contributed by atoms with Crippen LogP contribution in [-0.4, -0.2) is 45.6 Å². The van der Waals surface area contributed by atoms with E-state index in [1.165, 1.54) is 11.1 Å². The largest absolute Gasteiger partial charge is 0.480 e. The Morgan fingerprint density at radius 1 is 1.09 bits per heavy atom. The number of urea groups is 1. The van der Waals surface area contributed by atoms with Gasteiger partial charge in [0.15, 0.2) is 0 Å². The smallest absolute Gasteiger partial charge is 0.328 e. The fraction of sp³-hybridized carbons (Fsp3) is 0.167. The third-order valence-electron chi connectivity index (χ3n) is 5.85. The summed E-state index contributed by atoms with van der Waals surface area (Å²) in [5.41, 5.74) is 0.647. The maximum absolute atomic E-state index is 13.4. The van der Waals surface area contributed by atoms with Gasteiger partial charge in [-0.1, -0.05) is 65.8 Å². The fourth-order valence-electron chi connectivity index (χ4n) is 4.09. The van der Waals surface area contributed by atoms with Crippen molar-refractivity contribution >= 4 is 34.9 Å². The van der Waals surface area contributed by atoms with Gasteiger partial charge in [0.1, 0.15) is 12.1 Å². The molecule has 168 valence electrons. The molecule has 0 spiro atoms. The maximum atomic E-state index is 13.4. The highest BCUT2D eigenvalue weighted by Gasteiger charge is 2.55. The number of nitrogens with zero attached hydrogens (tertiary/aromatic N) is 3. The molecule has 0 saturated carbocycles. The number of carbonyl (C=O) groups excluding carboxylic acids is 2. The molecule has 3 amide bonds. The van der Waals surface area contributed by atoms with Gasteiger partial charge >= 0.3 is 12.0 Å². The average Bonchev–Trinajstić information content (AvgIpc) is 2.99. The Morgan fingerprint density at radius 2 is 1.79 bits per heavy atom. The normalized spacial score (nSPS) is 18.5. The van der Waals surface area contributed by atoms with E-state index in [0.717, 1.165) is 21.2 Å². The van der Waals surface area contributed by atoms with Gasteiger partial charge in [0.25, 0.3) is 5.91 Å². The molecular formula is C24H22N4O5. The first kappa shape index (κ1) is 22.0. The number of imide groups is 1. The quantitative estimate of drug-likeness (QED) is 0.327. The minimum Gasteiger partial charge on any atom is -0.480 e. The molecule has 4 rings (SSSR count). The van der Waals surface area contributed by atoms with Crippen LogP contribution in [0.3, 0.4) is 0 Å². The third kappa shape index (κ3) is 4.01. The number of carboxylic acids is 1. The minimum atomic E-state index is -1.39. The van der Waals surface area contributed by atoms with E-state index in [0.29, 0.717) is 11.1 Å². The molecule has 1 aliphatic heterocycles. The number of hydrogen-bond donors (Lipinski definition) is 2. The summed E-state index contributed by atoms with van der Waals surface area (Å²) in [4.78, 5) is 44.3. The molecule has 0 radical (unpaired) electrons. The van der Waals surface area contributed by atoms with Crippen molar-refractivity contribution in [1.29, 1.82) is 0 Å². The van der Waals surface area contributed by atoms with Gasteiger partial charge in [-0.3, -0.25) is 14.5 Å². The second-order valence-corrected chi connectivity index (χ2v) is 7.87. The van der Waals surface area contributed by atoms with E-state index in [1.807, 2.05) is 42.5 Å². The molecule has 3 aromatic rings. The van der Waals surface area contributed by atoms with Gasteiger partial charge in [-0.15, -0.1) is 5.90 Å². The molecule has 9 nitrogen and oxygen atoms in total. The number of amides is 3. The summed E-state index contributed by atoms with van der Waals surface area (Å²) >= 11 is 0. The number of rotatable bonds is 7. The van der Waals surface area contributed by atoms with Crippen LogP contribution in [0.2, 0.25) is 0 Å². The summed E-state index contributed by atoms with van der Waals surface area (Å²) in [6, 6.07) is 19.8. The summed E-state index contributed by atoms with van der Waals surface area (Å²) in [6.07, 6.45) is 1.40. The Kier molecular flexibility index (Phi) is 5.80. The van der Waals surface area contributed by atoms with Crippen LogP contribution in [0.1, 0.15) is 23.6 Å². The first-order valence-corrected chi connectivity index (χ1v) is 10.2. The van der Waals surface area contributed by atoms with Crippen molar-refractivity contribution in [2.24, 2.45) is 11.1 Å². The molecule has 33 heavy (non-hydrogen) atoms. The van der Waals surface area contributed by atoms with Gasteiger partial charge in [0.2, 0.25) is 0 Å². The third-order valence-corrected chi connectivity index (χ3v) is 5.85. The second-order valence-electron chi connectivity index (χ2n) is 7.87. The molecule has 0 aliphatic carbocycles.